The van der Waals surface area contributed by atoms with Crippen molar-refractivity contribution in [2.24, 2.45) is 10.2 Å². The van der Waals surface area contributed by atoms with Crippen molar-refractivity contribution in [2.45, 2.75) is 5.12 Å². The smallest absolute Gasteiger partial charge is 0.337 e. The van der Waals surface area contributed by atoms with E-state index in [0.29, 0.717) is 5.56 Å². The number of ether oxygens (including phenoxy) is 1. The summed E-state index contributed by atoms with van der Waals surface area (Å²) in [4.78, 5) is 11.1. The predicted molar refractivity (Wildman–Crippen MR) is 50.2 cm³/mol. The quantitative estimate of drug-likeness (QED) is 0.427. The fourth-order valence-corrected chi connectivity index (χ4v) is 1.26. The molecular formula is C9H7ClN2O2. The lowest BCUT2D eigenvalue weighted by Gasteiger charge is -2.03. The second-order valence-electron chi connectivity index (χ2n) is 2.86. The fourth-order valence-electron chi connectivity index (χ4n) is 1.10. The number of methoxy groups -OCH3 is 1. The van der Waals surface area contributed by atoms with Crippen LogP contribution in [0.2, 0.25) is 0 Å². The van der Waals surface area contributed by atoms with Crippen LogP contribution in [0.15, 0.2) is 34.5 Å². The largest absolute Gasteiger partial charge is 0.465 e. The van der Waals surface area contributed by atoms with Gasteiger partial charge in [0, 0.05) is 5.56 Å². The van der Waals surface area contributed by atoms with Crippen LogP contribution < -0.4 is 0 Å². The minimum Gasteiger partial charge on any atom is -0.465 e. The van der Waals surface area contributed by atoms with Crippen LogP contribution in [0.3, 0.4) is 0 Å². The standard InChI is InChI=1S/C9H7ClN2O2/c1-14-8(13)6-2-4-7(5-3-6)9(10)11-12-9/h2-5H,1H3. The molecule has 72 valence electrons. The lowest BCUT2D eigenvalue weighted by Crippen LogP contribution is -2.03. The zero-order valence-corrected chi connectivity index (χ0v) is 8.15. The molecule has 14 heavy (non-hydrogen) atoms. The van der Waals surface area contributed by atoms with Crippen LogP contribution in [0.1, 0.15) is 15.9 Å². The van der Waals surface area contributed by atoms with Crippen LogP contribution in [0.4, 0.5) is 0 Å². The van der Waals surface area contributed by atoms with E-state index in [-0.39, 0.29) is 5.97 Å². The number of hydrogen-bond acceptors (Lipinski definition) is 4. The Balaban J connectivity index is 2.22. The van der Waals surface area contributed by atoms with Gasteiger partial charge in [-0.1, -0.05) is 23.7 Å². The highest BCUT2D eigenvalue weighted by atomic mass is 35.5. The summed E-state index contributed by atoms with van der Waals surface area (Å²) in [7, 11) is 1.34. The van der Waals surface area contributed by atoms with Crippen LogP contribution in [0.25, 0.3) is 0 Å². The normalized spacial score (nSPS) is 16.4. The van der Waals surface area contributed by atoms with E-state index in [1.165, 1.54) is 7.11 Å². The average Bonchev–Trinajstić information content (AvgIpc) is 2.97. The summed E-state index contributed by atoms with van der Waals surface area (Å²) in [6.45, 7) is 0. The molecule has 0 atom stereocenters. The Hall–Kier alpha value is -1.42. The van der Waals surface area contributed by atoms with Crippen LogP contribution in [0.5, 0.6) is 0 Å². The number of esters is 1. The lowest BCUT2D eigenvalue weighted by atomic mass is 10.1. The topological polar surface area (TPSA) is 51.0 Å². The molecule has 0 saturated heterocycles. The third-order valence-electron chi connectivity index (χ3n) is 1.95. The highest BCUT2D eigenvalue weighted by Crippen LogP contribution is 2.43. The molecule has 0 saturated carbocycles. The molecule has 1 aliphatic heterocycles. The van der Waals surface area contributed by atoms with Gasteiger partial charge >= 0.3 is 5.97 Å². The number of carbonyl (C=O) groups excluding carboxylic acids is 1. The van der Waals surface area contributed by atoms with Crippen molar-refractivity contribution in [1.29, 1.82) is 0 Å². The van der Waals surface area contributed by atoms with Crippen LogP contribution in [-0.2, 0) is 9.86 Å². The molecule has 5 heteroatoms. The van der Waals surface area contributed by atoms with E-state index in [9.17, 15) is 4.79 Å². The van der Waals surface area contributed by atoms with Gasteiger partial charge in [-0.2, -0.15) is 0 Å². The summed E-state index contributed by atoms with van der Waals surface area (Å²) < 4.78 is 4.56. The summed E-state index contributed by atoms with van der Waals surface area (Å²) >= 11 is 5.89. The molecule has 2 rings (SSSR count). The monoisotopic (exact) mass is 210 g/mol. The Morgan fingerprint density at radius 3 is 2.36 bits per heavy atom. The van der Waals surface area contributed by atoms with Crippen molar-refractivity contribution in [3.63, 3.8) is 0 Å². The molecule has 1 aromatic carbocycles. The number of nitrogens with zero attached hydrogens (tertiary/aromatic N) is 2. The van der Waals surface area contributed by atoms with Gasteiger partial charge in [0.05, 0.1) is 12.7 Å². The highest BCUT2D eigenvalue weighted by Gasteiger charge is 2.39. The maximum atomic E-state index is 11.1. The number of rotatable bonds is 2. The lowest BCUT2D eigenvalue weighted by molar-refractivity contribution is 0.0600. The van der Waals surface area contributed by atoms with E-state index >= 15 is 0 Å². The molecule has 0 radical (unpaired) electrons. The summed E-state index contributed by atoms with van der Waals surface area (Å²) in [6, 6.07) is 6.68. The Morgan fingerprint density at radius 1 is 1.36 bits per heavy atom. The van der Waals surface area contributed by atoms with Gasteiger partial charge in [-0.25, -0.2) is 4.79 Å². The van der Waals surface area contributed by atoms with Gasteiger partial charge < -0.3 is 4.74 Å². The first-order valence-corrected chi connectivity index (χ1v) is 4.35. The molecule has 0 spiro atoms. The summed E-state index contributed by atoms with van der Waals surface area (Å²) in [5.41, 5.74) is 1.24. The first-order chi connectivity index (χ1) is 6.65. The van der Waals surface area contributed by atoms with Gasteiger partial charge in [0.15, 0.2) is 0 Å². The Kier molecular flexibility index (Phi) is 2.00. The maximum absolute atomic E-state index is 11.1. The van der Waals surface area contributed by atoms with Gasteiger partial charge in [-0.05, 0) is 12.1 Å². The third-order valence-corrected chi connectivity index (χ3v) is 2.32. The van der Waals surface area contributed by atoms with Crippen molar-refractivity contribution in [3.05, 3.63) is 35.4 Å². The molecule has 4 nitrogen and oxygen atoms in total. The second kappa shape index (κ2) is 3.06. The van der Waals surface area contributed by atoms with Crippen LogP contribution in [-0.4, -0.2) is 13.1 Å². The first-order valence-electron chi connectivity index (χ1n) is 3.97. The van der Waals surface area contributed by atoms with E-state index in [0.717, 1.165) is 5.56 Å². The van der Waals surface area contributed by atoms with E-state index in [1.54, 1.807) is 24.3 Å². The molecule has 0 aromatic heterocycles. The molecular weight excluding hydrogens is 204 g/mol. The van der Waals surface area contributed by atoms with Crippen molar-refractivity contribution in [3.8, 4) is 0 Å². The summed E-state index contributed by atoms with van der Waals surface area (Å²) in [6.07, 6.45) is 0. The van der Waals surface area contributed by atoms with Gasteiger partial charge in [-0.3, -0.25) is 0 Å². The summed E-state index contributed by atoms with van der Waals surface area (Å²) in [5, 5.41) is 6.44. The second-order valence-corrected chi connectivity index (χ2v) is 3.38. The number of halogens is 1. The van der Waals surface area contributed by atoms with E-state index in [4.69, 9.17) is 11.6 Å². The van der Waals surface area contributed by atoms with Crippen molar-refractivity contribution in [1.82, 2.24) is 0 Å². The van der Waals surface area contributed by atoms with E-state index < -0.39 is 5.12 Å². The Morgan fingerprint density at radius 2 is 1.93 bits per heavy atom. The van der Waals surface area contributed by atoms with Gasteiger partial charge in [0.2, 0.25) is 0 Å². The molecule has 1 aliphatic rings. The minimum atomic E-state index is -0.908. The number of alkyl halides is 1. The SMILES string of the molecule is COC(=O)c1ccc(C2(Cl)N=N2)cc1. The molecule has 1 aromatic rings. The molecule has 0 aliphatic carbocycles. The van der Waals surface area contributed by atoms with Gasteiger partial charge in [0.25, 0.3) is 5.12 Å². The highest BCUT2D eigenvalue weighted by molar-refractivity contribution is 6.24. The molecule has 0 unspecified atom stereocenters. The molecule has 0 amide bonds. The van der Waals surface area contributed by atoms with E-state index in [2.05, 4.69) is 15.0 Å². The number of carbonyl (C=O) groups is 1. The van der Waals surface area contributed by atoms with Crippen molar-refractivity contribution in [2.75, 3.05) is 7.11 Å². The molecule has 0 N–H and O–H groups in total. The fraction of sp³-hybridized carbons (Fsp3) is 0.222. The molecule has 1 heterocycles. The molecule has 0 fully saturated rings. The molecule has 0 bridgehead atoms. The Labute approximate surface area is 85.5 Å². The predicted octanol–water partition coefficient (Wildman–Crippen LogP) is 2.29. The van der Waals surface area contributed by atoms with Crippen LogP contribution >= 0.6 is 11.6 Å². The first kappa shape index (κ1) is 9.15. The Bertz CT molecular complexity index is 394. The van der Waals surface area contributed by atoms with Gasteiger partial charge in [-0.15, -0.1) is 10.2 Å². The van der Waals surface area contributed by atoms with Crippen LogP contribution in [0, 0.1) is 0 Å². The minimum absolute atomic E-state index is 0.371. The summed E-state index contributed by atoms with van der Waals surface area (Å²) in [5.74, 6) is -0.371. The van der Waals surface area contributed by atoms with E-state index in [1.807, 2.05) is 0 Å². The maximum Gasteiger partial charge on any atom is 0.337 e. The van der Waals surface area contributed by atoms with Gasteiger partial charge in [0.1, 0.15) is 0 Å². The number of benzene rings is 1. The zero-order valence-electron chi connectivity index (χ0n) is 7.40. The third kappa shape index (κ3) is 1.48. The zero-order chi connectivity index (χ0) is 10.2. The average molecular weight is 211 g/mol. The number of hydrogen-bond donors (Lipinski definition) is 0. The van der Waals surface area contributed by atoms with Crippen molar-refractivity contribution >= 4 is 17.6 Å². The van der Waals surface area contributed by atoms with Crippen molar-refractivity contribution < 1.29 is 9.53 Å².